The number of benzene rings is 1. The maximum absolute atomic E-state index is 14.0. The summed E-state index contributed by atoms with van der Waals surface area (Å²) in [6.07, 6.45) is 1.22. The molecule has 138 valence electrons. The molecule has 7 heteroatoms. The van der Waals surface area contributed by atoms with Crippen LogP contribution in [0, 0.1) is 25.6 Å². The number of aryl methyl sites for hydroxylation is 2. The number of carbonyl (C=O) groups is 1. The lowest BCUT2D eigenvalue weighted by Gasteiger charge is -2.38. The third-order valence-corrected chi connectivity index (χ3v) is 4.89. The molecule has 0 spiro atoms. The monoisotopic (exact) mass is 368 g/mol. The summed E-state index contributed by atoms with van der Waals surface area (Å²) in [6, 6.07) is 7.91. The number of carbonyl (C=O) groups excluding carboxylic acids is 1. The second-order valence-corrected chi connectivity index (χ2v) is 6.78. The van der Waals surface area contributed by atoms with Gasteiger partial charge in [0.2, 0.25) is 5.95 Å². The van der Waals surface area contributed by atoms with Crippen molar-refractivity contribution in [2.45, 2.75) is 25.9 Å². The first-order chi connectivity index (χ1) is 12.9. The van der Waals surface area contributed by atoms with Crippen molar-refractivity contribution in [3.05, 3.63) is 70.7 Å². The lowest BCUT2D eigenvalue weighted by Crippen LogP contribution is -2.59. The summed E-state index contributed by atoms with van der Waals surface area (Å²) in [6.45, 7) is 4.39. The predicted molar refractivity (Wildman–Crippen MR) is 97.4 cm³/mol. The quantitative estimate of drug-likeness (QED) is 0.698. The number of nitrogens with zero attached hydrogens (tertiary/aromatic N) is 2. The summed E-state index contributed by atoms with van der Waals surface area (Å²) in [5, 5.41) is 6.83. The molecule has 2 unspecified atom stereocenters. The van der Waals surface area contributed by atoms with Gasteiger partial charge in [0.1, 0.15) is 0 Å². The zero-order valence-corrected chi connectivity index (χ0v) is 14.9. The third-order valence-electron chi connectivity index (χ3n) is 4.89. The first kappa shape index (κ1) is 17.5. The zero-order chi connectivity index (χ0) is 19.1. The largest absolute Gasteiger partial charge is 0.346 e. The fourth-order valence-corrected chi connectivity index (χ4v) is 3.44. The smallest absolute Gasteiger partial charge is 0.251 e. The first-order valence-corrected chi connectivity index (χ1v) is 8.66. The summed E-state index contributed by atoms with van der Waals surface area (Å²) < 4.78 is 27.3. The Morgan fingerprint density at radius 3 is 2.78 bits per heavy atom. The van der Waals surface area contributed by atoms with Gasteiger partial charge in [-0.25, -0.2) is 9.37 Å². The molecule has 0 saturated carbocycles. The van der Waals surface area contributed by atoms with E-state index >= 15 is 0 Å². The molecule has 1 aliphatic rings. The van der Waals surface area contributed by atoms with E-state index in [1.807, 2.05) is 26.0 Å². The van der Waals surface area contributed by atoms with Crippen LogP contribution >= 0.6 is 0 Å². The number of halogens is 2. The first-order valence-electron chi connectivity index (χ1n) is 8.66. The molecule has 4 rings (SSSR count). The molecule has 1 aromatic carbocycles. The number of fused-ring (bicyclic) bond motifs is 1. The minimum absolute atomic E-state index is 0.160. The summed E-state index contributed by atoms with van der Waals surface area (Å²) in [5.74, 6) is -2.39. The van der Waals surface area contributed by atoms with E-state index < -0.39 is 17.8 Å². The lowest BCUT2D eigenvalue weighted by atomic mass is 9.92. The average molecular weight is 368 g/mol. The number of amides is 1. The second kappa shape index (κ2) is 6.66. The highest BCUT2D eigenvalue weighted by atomic mass is 19.2. The van der Waals surface area contributed by atoms with Crippen LogP contribution in [0.15, 0.2) is 36.5 Å². The summed E-state index contributed by atoms with van der Waals surface area (Å²) in [4.78, 5) is 20.4. The van der Waals surface area contributed by atoms with Gasteiger partial charge in [0.15, 0.2) is 5.82 Å². The van der Waals surface area contributed by atoms with Gasteiger partial charge in [0.05, 0.1) is 17.6 Å². The predicted octanol–water partition coefficient (Wildman–Crippen LogP) is 2.97. The van der Waals surface area contributed by atoms with Crippen molar-refractivity contribution in [1.29, 1.82) is 0 Å². The molecule has 0 bridgehead atoms. The van der Waals surface area contributed by atoms with Gasteiger partial charge in [-0.15, -0.1) is 0 Å². The van der Waals surface area contributed by atoms with Gasteiger partial charge in [0.25, 0.3) is 5.91 Å². The SMILES string of the molecule is Cc1cc(C)c2cc(C(=O)NC3CNC3c3ccnc(F)c3F)ccc2n1. The van der Waals surface area contributed by atoms with Crippen molar-refractivity contribution in [2.75, 3.05) is 6.54 Å². The van der Waals surface area contributed by atoms with Crippen molar-refractivity contribution in [3.8, 4) is 0 Å². The summed E-state index contributed by atoms with van der Waals surface area (Å²) in [7, 11) is 0. The van der Waals surface area contributed by atoms with E-state index in [-0.39, 0.29) is 17.5 Å². The van der Waals surface area contributed by atoms with Gasteiger partial charge in [-0.05, 0) is 49.7 Å². The Morgan fingerprint density at radius 2 is 2.04 bits per heavy atom. The van der Waals surface area contributed by atoms with Gasteiger partial charge in [-0.3, -0.25) is 9.78 Å². The maximum atomic E-state index is 14.0. The Hall–Kier alpha value is -2.93. The zero-order valence-electron chi connectivity index (χ0n) is 14.9. The number of pyridine rings is 2. The van der Waals surface area contributed by atoms with Crippen molar-refractivity contribution < 1.29 is 13.6 Å². The molecule has 1 fully saturated rings. The Bertz CT molecular complexity index is 1050. The van der Waals surface area contributed by atoms with E-state index in [1.54, 1.807) is 12.1 Å². The van der Waals surface area contributed by atoms with Crippen LogP contribution in [0.25, 0.3) is 10.9 Å². The van der Waals surface area contributed by atoms with Crippen molar-refractivity contribution in [1.82, 2.24) is 20.6 Å². The van der Waals surface area contributed by atoms with Gasteiger partial charge in [-0.1, -0.05) is 0 Å². The highest BCUT2D eigenvalue weighted by molar-refractivity contribution is 5.98. The maximum Gasteiger partial charge on any atom is 0.251 e. The van der Waals surface area contributed by atoms with Crippen LogP contribution in [0.3, 0.4) is 0 Å². The molecule has 1 aliphatic heterocycles. The van der Waals surface area contributed by atoms with E-state index in [2.05, 4.69) is 20.6 Å². The molecular formula is C20H18F2N4O. The van der Waals surface area contributed by atoms with Gasteiger partial charge >= 0.3 is 0 Å². The summed E-state index contributed by atoms with van der Waals surface area (Å²) in [5.41, 5.74) is 3.47. The molecule has 5 nitrogen and oxygen atoms in total. The second-order valence-electron chi connectivity index (χ2n) is 6.78. The van der Waals surface area contributed by atoms with Crippen molar-refractivity contribution in [2.24, 2.45) is 0 Å². The molecule has 2 N–H and O–H groups in total. The fourth-order valence-electron chi connectivity index (χ4n) is 3.44. The van der Waals surface area contributed by atoms with Crippen molar-refractivity contribution >= 4 is 16.8 Å². The minimum atomic E-state index is -1.14. The number of aromatic nitrogens is 2. The van der Waals surface area contributed by atoms with E-state index in [0.29, 0.717) is 12.1 Å². The van der Waals surface area contributed by atoms with Crippen LogP contribution in [0.1, 0.15) is 33.2 Å². The van der Waals surface area contributed by atoms with Crippen LogP contribution in [-0.4, -0.2) is 28.5 Å². The minimum Gasteiger partial charge on any atom is -0.346 e. The normalized spacial score (nSPS) is 19.0. The standard InChI is InChI=1S/C20H18F2N4O/c1-10-7-11(2)25-15-4-3-12(8-14(10)15)20(27)26-16-9-24-18(16)13-5-6-23-19(22)17(13)21/h3-8,16,18,24H,9H2,1-2H3,(H,26,27). The highest BCUT2D eigenvalue weighted by Gasteiger charge is 2.35. The molecule has 2 atom stereocenters. The fraction of sp³-hybridized carbons (Fsp3) is 0.250. The molecule has 3 heterocycles. The summed E-state index contributed by atoms with van der Waals surface area (Å²) >= 11 is 0. The van der Waals surface area contributed by atoms with Crippen LogP contribution < -0.4 is 10.6 Å². The third kappa shape index (κ3) is 3.14. The molecule has 2 aromatic heterocycles. The number of hydrogen-bond donors (Lipinski definition) is 2. The topological polar surface area (TPSA) is 66.9 Å². The molecule has 27 heavy (non-hydrogen) atoms. The van der Waals surface area contributed by atoms with Crippen LogP contribution in [0.2, 0.25) is 0 Å². The van der Waals surface area contributed by atoms with E-state index in [4.69, 9.17) is 0 Å². The number of hydrogen-bond acceptors (Lipinski definition) is 4. The highest BCUT2D eigenvalue weighted by Crippen LogP contribution is 2.27. The lowest BCUT2D eigenvalue weighted by molar-refractivity contribution is 0.0900. The Morgan fingerprint density at radius 1 is 1.22 bits per heavy atom. The number of nitrogens with one attached hydrogen (secondary N) is 2. The van der Waals surface area contributed by atoms with Crippen LogP contribution in [0.5, 0.6) is 0 Å². The van der Waals surface area contributed by atoms with E-state index in [1.165, 1.54) is 12.3 Å². The average Bonchev–Trinajstić information content (AvgIpc) is 2.62. The van der Waals surface area contributed by atoms with Crippen molar-refractivity contribution in [3.63, 3.8) is 0 Å². The van der Waals surface area contributed by atoms with E-state index in [0.717, 1.165) is 22.2 Å². The Kier molecular flexibility index (Phi) is 4.31. The Labute approximate surface area is 154 Å². The molecular weight excluding hydrogens is 350 g/mol. The van der Waals surface area contributed by atoms with E-state index in [9.17, 15) is 13.6 Å². The molecule has 1 saturated heterocycles. The molecule has 0 aliphatic carbocycles. The number of rotatable bonds is 3. The Balaban J connectivity index is 1.56. The van der Waals surface area contributed by atoms with Gasteiger partial charge in [0, 0.05) is 34.9 Å². The molecule has 3 aromatic rings. The van der Waals surface area contributed by atoms with Crippen LogP contribution in [-0.2, 0) is 0 Å². The van der Waals surface area contributed by atoms with Gasteiger partial charge in [-0.2, -0.15) is 4.39 Å². The molecule has 1 amide bonds. The van der Waals surface area contributed by atoms with Crippen LogP contribution in [0.4, 0.5) is 8.78 Å². The molecule has 0 radical (unpaired) electrons. The van der Waals surface area contributed by atoms with Gasteiger partial charge < -0.3 is 10.6 Å².